The first-order valence-electron chi connectivity index (χ1n) is 7.30. The van der Waals surface area contributed by atoms with Crippen LogP contribution in [0.25, 0.3) is 0 Å². The van der Waals surface area contributed by atoms with Gasteiger partial charge in [0, 0.05) is 6.20 Å². The zero-order valence-corrected chi connectivity index (χ0v) is 13.8. The first-order valence-corrected chi connectivity index (χ1v) is 9.12. The van der Waals surface area contributed by atoms with E-state index in [-0.39, 0.29) is 28.6 Å². The highest BCUT2D eigenvalue weighted by atomic mass is 32.2. The molecule has 1 aromatic heterocycles. The standard InChI is InChI=1S/C16H18N2O4S/c1-11-3-4-14(19)13(7-11)15(20)12-8-17-18(9-12)16(2)5-6-23(21,22)10-16/h3-4,7-9,19H,5-6,10H2,1-2H3. The summed E-state index contributed by atoms with van der Waals surface area (Å²) in [5.74, 6) is -0.263. The highest BCUT2D eigenvalue weighted by molar-refractivity contribution is 7.91. The topological polar surface area (TPSA) is 89.3 Å². The Labute approximate surface area is 134 Å². The summed E-state index contributed by atoms with van der Waals surface area (Å²) in [7, 11) is -3.06. The number of sulfone groups is 1. The fourth-order valence-electron chi connectivity index (χ4n) is 2.90. The first kappa shape index (κ1) is 15.7. The Bertz CT molecular complexity index is 885. The number of benzene rings is 1. The number of rotatable bonds is 3. The molecule has 2 aromatic rings. The lowest BCUT2D eigenvalue weighted by molar-refractivity contribution is 0.103. The van der Waals surface area contributed by atoms with Crippen LogP contribution in [0.15, 0.2) is 30.6 Å². The van der Waals surface area contributed by atoms with E-state index in [0.717, 1.165) is 5.56 Å². The molecular weight excluding hydrogens is 316 g/mol. The van der Waals surface area contributed by atoms with E-state index in [4.69, 9.17) is 0 Å². The normalized spacial score (nSPS) is 23.0. The van der Waals surface area contributed by atoms with E-state index in [1.165, 1.54) is 12.3 Å². The van der Waals surface area contributed by atoms with Crippen molar-refractivity contribution in [2.24, 2.45) is 0 Å². The highest BCUT2D eigenvalue weighted by Crippen LogP contribution is 2.30. The van der Waals surface area contributed by atoms with Gasteiger partial charge < -0.3 is 5.11 Å². The molecule has 0 spiro atoms. The van der Waals surface area contributed by atoms with Crippen molar-refractivity contribution in [1.29, 1.82) is 0 Å². The Morgan fingerprint density at radius 2 is 2.13 bits per heavy atom. The van der Waals surface area contributed by atoms with Crippen LogP contribution in [-0.2, 0) is 15.4 Å². The van der Waals surface area contributed by atoms with Gasteiger partial charge in [0.2, 0.25) is 0 Å². The smallest absolute Gasteiger partial charge is 0.199 e. The maximum atomic E-state index is 12.5. The van der Waals surface area contributed by atoms with Crippen LogP contribution in [0.2, 0.25) is 0 Å². The van der Waals surface area contributed by atoms with Crippen LogP contribution in [0, 0.1) is 6.92 Å². The van der Waals surface area contributed by atoms with Crippen molar-refractivity contribution < 1.29 is 18.3 Å². The number of hydrogen-bond acceptors (Lipinski definition) is 5. The maximum Gasteiger partial charge on any atom is 0.199 e. The molecule has 1 atom stereocenters. The zero-order chi connectivity index (χ0) is 16.8. The van der Waals surface area contributed by atoms with E-state index in [2.05, 4.69) is 5.10 Å². The van der Waals surface area contributed by atoms with Gasteiger partial charge in [-0.25, -0.2) is 8.42 Å². The molecule has 6 nitrogen and oxygen atoms in total. The van der Waals surface area contributed by atoms with Gasteiger partial charge in [-0.1, -0.05) is 11.6 Å². The first-order chi connectivity index (χ1) is 10.7. The molecule has 1 aliphatic rings. The second-order valence-electron chi connectivity index (χ2n) is 6.36. The van der Waals surface area contributed by atoms with Gasteiger partial charge in [0.25, 0.3) is 0 Å². The molecule has 0 amide bonds. The van der Waals surface area contributed by atoms with Crippen molar-refractivity contribution in [2.45, 2.75) is 25.8 Å². The molecule has 122 valence electrons. The Morgan fingerprint density at radius 1 is 1.39 bits per heavy atom. The van der Waals surface area contributed by atoms with Crippen molar-refractivity contribution >= 4 is 15.6 Å². The number of hydrogen-bond donors (Lipinski definition) is 1. The van der Waals surface area contributed by atoms with E-state index in [0.29, 0.717) is 12.0 Å². The van der Waals surface area contributed by atoms with Crippen molar-refractivity contribution in [1.82, 2.24) is 9.78 Å². The molecule has 1 N–H and O–H groups in total. The van der Waals surface area contributed by atoms with Crippen molar-refractivity contribution in [3.05, 3.63) is 47.3 Å². The van der Waals surface area contributed by atoms with E-state index in [1.807, 2.05) is 13.8 Å². The fraction of sp³-hybridized carbons (Fsp3) is 0.375. The van der Waals surface area contributed by atoms with E-state index in [9.17, 15) is 18.3 Å². The quantitative estimate of drug-likeness (QED) is 0.862. The van der Waals surface area contributed by atoms with Crippen molar-refractivity contribution in [3.8, 4) is 5.75 Å². The summed E-state index contributed by atoms with van der Waals surface area (Å²) in [6, 6.07) is 4.83. The zero-order valence-electron chi connectivity index (χ0n) is 13.0. The summed E-state index contributed by atoms with van der Waals surface area (Å²) in [5.41, 5.74) is 0.781. The number of carbonyl (C=O) groups is 1. The van der Waals surface area contributed by atoms with Gasteiger partial charge in [0.1, 0.15) is 5.75 Å². The molecule has 0 bridgehead atoms. The van der Waals surface area contributed by atoms with Gasteiger partial charge >= 0.3 is 0 Å². The van der Waals surface area contributed by atoms with E-state index >= 15 is 0 Å². The van der Waals surface area contributed by atoms with Crippen molar-refractivity contribution in [2.75, 3.05) is 11.5 Å². The molecule has 1 aliphatic heterocycles. The fourth-order valence-corrected chi connectivity index (χ4v) is 5.02. The van der Waals surface area contributed by atoms with E-state index < -0.39 is 15.4 Å². The summed E-state index contributed by atoms with van der Waals surface area (Å²) in [4.78, 5) is 12.5. The van der Waals surface area contributed by atoms with E-state index in [1.54, 1.807) is 23.0 Å². The van der Waals surface area contributed by atoms with Gasteiger partial charge in [0.15, 0.2) is 15.6 Å². The Hall–Kier alpha value is -2.15. The molecule has 2 heterocycles. The number of ketones is 1. The lowest BCUT2D eigenvalue weighted by Crippen LogP contribution is -2.31. The summed E-state index contributed by atoms with van der Waals surface area (Å²) < 4.78 is 25.0. The van der Waals surface area contributed by atoms with Gasteiger partial charge in [-0.15, -0.1) is 0 Å². The van der Waals surface area contributed by atoms with Gasteiger partial charge in [-0.3, -0.25) is 9.48 Å². The summed E-state index contributed by atoms with van der Waals surface area (Å²) in [5, 5.41) is 14.1. The monoisotopic (exact) mass is 334 g/mol. The number of carbonyl (C=O) groups excluding carboxylic acids is 1. The third-order valence-corrected chi connectivity index (χ3v) is 6.16. The largest absolute Gasteiger partial charge is 0.507 e. The molecule has 7 heteroatoms. The molecular formula is C16H18N2O4S. The number of nitrogens with zero attached hydrogens (tertiary/aromatic N) is 2. The molecule has 1 fully saturated rings. The van der Waals surface area contributed by atoms with Gasteiger partial charge in [-0.2, -0.15) is 5.10 Å². The molecule has 3 rings (SSSR count). The molecule has 0 saturated carbocycles. The number of phenolic OH excluding ortho intramolecular Hbond substituents is 1. The predicted octanol–water partition coefficient (Wildman–Crippen LogP) is 1.66. The number of aromatic hydroxyl groups is 1. The van der Waals surface area contributed by atoms with Crippen LogP contribution in [0.5, 0.6) is 5.75 Å². The second-order valence-corrected chi connectivity index (χ2v) is 8.55. The van der Waals surface area contributed by atoms with Crippen LogP contribution >= 0.6 is 0 Å². The van der Waals surface area contributed by atoms with Crippen LogP contribution in [0.4, 0.5) is 0 Å². The number of phenols is 1. The Kier molecular flexibility index (Phi) is 3.55. The average Bonchev–Trinajstić information content (AvgIpc) is 3.07. The van der Waals surface area contributed by atoms with Crippen LogP contribution < -0.4 is 0 Å². The lowest BCUT2D eigenvalue weighted by Gasteiger charge is -2.22. The molecule has 0 aliphatic carbocycles. The molecule has 23 heavy (non-hydrogen) atoms. The summed E-state index contributed by atoms with van der Waals surface area (Å²) in [6.07, 6.45) is 3.45. The molecule has 0 radical (unpaired) electrons. The third-order valence-electron chi connectivity index (χ3n) is 4.28. The van der Waals surface area contributed by atoms with Gasteiger partial charge in [-0.05, 0) is 32.4 Å². The van der Waals surface area contributed by atoms with Crippen LogP contribution in [-0.4, -0.2) is 40.6 Å². The molecule has 1 unspecified atom stereocenters. The van der Waals surface area contributed by atoms with Crippen LogP contribution in [0.1, 0.15) is 34.8 Å². The predicted molar refractivity (Wildman–Crippen MR) is 85.4 cm³/mol. The van der Waals surface area contributed by atoms with Gasteiger partial charge in [0.05, 0.1) is 34.4 Å². The lowest BCUT2D eigenvalue weighted by atomic mass is 10.0. The maximum absolute atomic E-state index is 12.5. The minimum Gasteiger partial charge on any atom is -0.507 e. The number of aromatic nitrogens is 2. The Balaban J connectivity index is 1.93. The third kappa shape index (κ3) is 2.88. The summed E-state index contributed by atoms with van der Waals surface area (Å²) >= 11 is 0. The molecule has 1 aromatic carbocycles. The van der Waals surface area contributed by atoms with Crippen LogP contribution in [0.3, 0.4) is 0 Å². The minimum atomic E-state index is -3.06. The van der Waals surface area contributed by atoms with Crippen molar-refractivity contribution in [3.63, 3.8) is 0 Å². The Morgan fingerprint density at radius 3 is 2.78 bits per heavy atom. The number of aryl methyl sites for hydroxylation is 1. The summed E-state index contributed by atoms with van der Waals surface area (Å²) in [6.45, 7) is 3.66. The highest BCUT2D eigenvalue weighted by Gasteiger charge is 2.40. The SMILES string of the molecule is Cc1ccc(O)c(C(=O)c2cnn(C3(C)CCS(=O)(=O)C3)c2)c1. The minimum absolute atomic E-state index is 0.0189. The second kappa shape index (κ2) is 5.19. The average molecular weight is 334 g/mol. The molecule has 1 saturated heterocycles.